The van der Waals surface area contributed by atoms with Crippen LogP contribution in [0.4, 0.5) is 5.69 Å². The minimum Gasteiger partial charge on any atom is -0.378 e. The molecule has 0 aromatic heterocycles. The van der Waals surface area contributed by atoms with Crippen LogP contribution in [0.1, 0.15) is 43.9 Å². The maximum Gasteiger partial charge on any atom is 0.0514 e. The molecule has 0 fully saturated rings. The fourth-order valence-corrected chi connectivity index (χ4v) is 3.17. The molecule has 0 aliphatic carbocycles. The summed E-state index contributed by atoms with van der Waals surface area (Å²) in [6.07, 6.45) is 2.30. The van der Waals surface area contributed by atoms with Gasteiger partial charge in [0.2, 0.25) is 0 Å². The van der Waals surface area contributed by atoms with Crippen molar-refractivity contribution in [1.82, 2.24) is 0 Å². The molecule has 0 bridgehead atoms. The fourth-order valence-electron chi connectivity index (χ4n) is 3.04. The van der Waals surface area contributed by atoms with E-state index < -0.39 is 0 Å². The minimum atomic E-state index is 0.213. The number of halogens is 1. The lowest BCUT2D eigenvalue weighted by Crippen LogP contribution is -2.16. The van der Waals surface area contributed by atoms with Crippen LogP contribution in [0.25, 0.3) is 0 Å². The van der Waals surface area contributed by atoms with Gasteiger partial charge in [-0.15, -0.1) is 0 Å². The number of nitrogens with one attached hydrogen (secondary N) is 1. The zero-order chi connectivity index (χ0) is 14.2. The van der Waals surface area contributed by atoms with Gasteiger partial charge in [-0.05, 0) is 47.6 Å². The van der Waals surface area contributed by atoms with E-state index in [0.717, 1.165) is 11.4 Å². The molecular weight excluding hydrogens is 266 g/mol. The molecule has 1 atom stereocenters. The summed E-state index contributed by atoms with van der Waals surface area (Å²) in [4.78, 5) is 0. The summed E-state index contributed by atoms with van der Waals surface area (Å²) in [6, 6.07) is 17.2. The largest absolute Gasteiger partial charge is 0.378 e. The summed E-state index contributed by atoms with van der Waals surface area (Å²) < 4.78 is 0. The van der Waals surface area contributed by atoms with Crippen LogP contribution in [0.5, 0.6) is 0 Å². The van der Waals surface area contributed by atoms with Gasteiger partial charge in [0.15, 0.2) is 0 Å². The molecule has 0 radical (unpaired) electrons. The second kappa shape index (κ2) is 5.14. The second-order valence-electron chi connectivity index (χ2n) is 6.22. The second-order valence-corrected chi connectivity index (χ2v) is 6.65. The molecule has 2 aromatic rings. The molecule has 1 aliphatic rings. The Morgan fingerprint density at radius 3 is 2.50 bits per heavy atom. The summed E-state index contributed by atoms with van der Waals surface area (Å²) in [5.41, 5.74) is 4.19. The highest BCUT2D eigenvalue weighted by Crippen LogP contribution is 2.41. The van der Waals surface area contributed by atoms with Gasteiger partial charge in [0.05, 0.1) is 6.04 Å². The Hall–Kier alpha value is -1.47. The van der Waals surface area contributed by atoms with E-state index in [4.69, 9.17) is 11.6 Å². The van der Waals surface area contributed by atoms with Crippen LogP contribution < -0.4 is 5.32 Å². The number of rotatable bonds is 1. The SMILES string of the molecule is CC1(C)CCC(c2ccc(Cl)cc2)Nc2ccccc21. The van der Waals surface area contributed by atoms with Crippen molar-refractivity contribution in [3.05, 3.63) is 64.7 Å². The molecular formula is C18H20ClN. The maximum absolute atomic E-state index is 5.99. The van der Waals surface area contributed by atoms with Gasteiger partial charge in [-0.25, -0.2) is 0 Å². The van der Waals surface area contributed by atoms with Crippen molar-refractivity contribution in [2.75, 3.05) is 5.32 Å². The number of benzene rings is 2. The molecule has 0 saturated heterocycles. The molecule has 2 aromatic carbocycles. The summed E-state index contributed by atoms with van der Waals surface area (Å²) in [5, 5.41) is 4.50. The first-order chi connectivity index (χ1) is 9.56. The first kappa shape index (κ1) is 13.5. The van der Waals surface area contributed by atoms with Crippen LogP contribution in [0.15, 0.2) is 48.5 Å². The smallest absolute Gasteiger partial charge is 0.0514 e. The lowest BCUT2D eigenvalue weighted by Gasteiger charge is -2.24. The summed E-state index contributed by atoms with van der Waals surface area (Å²) in [7, 11) is 0. The van der Waals surface area contributed by atoms with Gasteiger partial charge in [0.25, 0.3) is 0 Å². The summed E-state index contributed by atoms with van der Waals surface area (Å²) in [6.45, 7) is 4.66. The van der Waals surface area contributed by atoms with Crippen molar-refractivity contribution in [3.63, 3.8) is 0 Å². The highest BCUT2D eigenvalue weighted by Gasteiger charge is 2.29. The van der Waals surface area contributed by atoms with E-state index in [1.807, 2.05) is 12.1 Å². The van der Waals surface area contributed by atoms with E-state index >= 15 is 0 Å². The molecule has 0 saturated carbocycles. The van der Waals surface area contributed by atoms with E-state index in [1.165, 1.54) is 23.2 Å². The van der Waals surface area contributed by atoms with E-state index in [-0.39, 0.29) is 5.41 Å². The van der Waals surface area contributed by atoms with Gasteiger partial charge in [0.1, 0.15) is 0 Å². The van der Waals surface area contributed by atoms with E-state index in [0.29, 0.717) is 6.04 Å². The fraction of sp³-hybridized carbons (Fsp3) is 0.333. The highest BCUT2D eigenvalue weighted by molar-refractivity contribution is 6.30. The first-order valence-corrected chi connectivity index (χ1v) is 7.55. The van der Waals surface area contributed by atoms with Crippen LogP contribution in [0.3, 0.4) is 0 Å². The predicted molar refractivity (Wildman–Crippen MR) is 86.5 cm³/mol. The Morgan fingerprint density at radius 2 is 1.75 bits per heavy atom. The zero-order valence-electron chi connectivity index (χ0n) is 12.0. The topological polar surface area (TPSA) is 12.0 Å². The van der Waals surface area contributed by atoms with Crippen molar-refractivity contribution in [3.8, 4) is 0 Å². The number of fused-ring (bicyclic) bond motifs is 1. The van der Waals surface area contributed by atoms with Crippen LogP contribution >= 0.6 is 11.6 Å². The van der Waals surface area contributed by atoms with Crippen molar-refractivity contribution in [2.24, 2.45) is 0 Å². The maximum atomic E-state index is 5.99. The van der Waals surface area contributed by atoms with Crippen LogP contribution in [0, 0.1) is 0 Å². The number of para-hydroxylation sites is 1. The Bertz CT molecular complexity index is 601. The summed E-state index contributed by atoms with van der Waals surface area (Å²) in [5.74, 6) is 0. The average molecular weight is 286 g/mol. The standard InChI is InChI=1S/C18H20ClN/c1-18(2)12-11-16(13-7-9-14(19)10-8-13)20-17-6-4-3-5-15(17)18/h3-10,16,20H,11-12H2,1-2H3. The van der Waals surface area contributed by atoms with Crippen molar-refractivity contribution in [2.45, 2.75) is 38.1 Å². The number of hydrogen-bond acceptors (Lipinski definition) is 1. The average Bonchev–Trinajstić information content (AvgIpc) is 2.57. The Morgan fingerprint density at radius 1 is 1.05 bits per heavy atom. The van der Waals surface area contributed by atoms with Crippen molar-refractivity contribution in [1.29, 1.82) is 0 Å². The molecule has 104 valence electrons. The molecule has 1 unspecified atom stereocenters. The van der Waals surface area contributed by atoms with Gasteiger partial charge in [-0.2, -0.15) is 0 Å². The Balaban J connectivity index is 1.97. The predicted octanol–water partition coefficient (Wildman–Crippen LogP) is 5.56. The molecule has 3 rings (SSSR count). The molecule has 1 N–H and O–H groups in total. The van der Waals surface area contributed by atoms with Crippen molar-refractivity contribution < 1.29 is 0 Å². The Kier molecular flexibility index (Phi) is 3.47. The third-order valence-electron chi connectivity index (χ3n) is 4.32. The normalized spacial score (nSPS) is 20.6. The summed E-state index contributed by atoms with van der Waals surface area (Å²) >= 11 is 5.99. The van der Waals surface area contributed by atoms with Gasteiger partial charge in [0, 0.05) is 10.7 Å². The van der Waals surface area contributed by atoms with Crippen LogP contribution in [-0.4, -0.2) is 0 Å². The van der Waals surface area contributed by atoms with E-state index in [9.17, 15) is 0 Å². The lowest BCUT2D eigenvalue weighted by atomic mass is 9.80. The van der Waals surface area contributed by atoms with Crippen molar-refractivity contribution >= 4 is 17.3 Å². The molecule has 20 heavy (non-hydrogen) atoms. The Labute approximate surface area is 126 Å². The van der Waals surface area contributed by atoms with Gasteiger partial charge >= 0.3 is 0 Å². The van der Waals surface area contributed by atoms with Gasteiger partial charge in [-0.1, -0.05) is 55.8 Å². The number of hydrogen-bond donors (Lipinski definition) is 1. The molecule has 1 nitrogen and oxygen atoms in total. The lowest BCUT2D eigenvalue weighted by molar-refractivity contribution is 0.457. The van der Waals surface area contributed by atoms with Crippen LogP contribution in [-0.2, 0) is 5.41 Å². The van der Waals surface area contributed by atoms with Crippen LogP contribution in [0.2, 0.25) is 5.02 Å². The molecule has 1 heterocycles. The zero-order valence-corrected chi connectivity index (χ0v) is 12.7. The van der Waals surface area contributed by atoms with Gasteiger partial charge < -0.3 is 5.32 Å². The quantitative estimate of drug-likeness (QED) is 0.723. The third-order valence-corrected chi connectivity index (χ3v) is 4.57. The molecule has 0 spiro atoms. The van der Waals surface area contributed by atoms with E-state index in [2.05, 4.69) is 55.6 Å². The molecule has 2 heteroatoms. The molecule has 0 amide bonds. The molecule has 1 aliphatic heterocycles. The number of anilines is 1. The third kappa shape index (κ3) is 2.55. The monoisotopic (exact) mass is 285 g/mol. The highest BCUT2D eigenvalue weighted by atomic mass is 35.5. The van der Waals surface area contributed by atoms with E-state index in [1.54, 1.807) is 0 Å². The first-order valence-electron chi connectivity index (χ1n) is 7.18. The minimum absolute atomic E-state index is 0.213. The van der Waals surface area contributed by atoms with Gasteiger partial charge in [-0.3, -0.25) is 0 Å².